The largest absolute Gasteiger partial charge is 0.493 e. The summed E-state index contributed by atoms with van der Waals surface area (Å²) in [6.07, 6.45) is 0. The van der Waals surface area contributed by atoms with Crippen molar-refractivity contribution in [3.05, 3.63) is 47.5 Å². The number of aryl methyl sites for hydroxylation is 1. The standard InChI is InChI=1S/C19H21NO6/c1-12-5-7-13(8-6-12)19(22)26-11-17(21)20-14-9-15(23-2)18(25-4)16(10-14)24-3/h5-10H,11H2,1-4H3,(H,20,21). The summed E-state index contributed by atoms with van der Waals surface area (Å²) < 4.78 is 20.7. The van der Waals surface area contributed by atoms with Crippen LogP contribution in [-0.4, -0.2) is 39.8 Å². The molecule has 0 aliphatic heterocycles. The minimum atomic E-state index is -0.565. The molecule has 26 heavy (non-hydrogen) atoms. The summed E-state index contributed by atoms with van der Waals surface area (Å²) in [6, 6.07) is 10.1. The molecule has 0 heterocycles. The number of benzene rings is 2. The highest BCUT2D eigenvalue weighted by Crippen LogP contribution is 2.39. The van der Waals surface area contributed by atoms with Gasteiger partial charge in [0.15, 0.2) is 18.1 Å². The maximum Gasteiger partial charge on any atom is 0.338 e. The first-order valence-electron chi connectivity index (χ1n) is 7.82. The predicted molar refractivity (Wildman–Crippen MR) is 96.2 cm³/mol. The van der Waals surface area contributed by atoms with Crippen LogP contribution in [0.3, 0.4) is 0 Å². The zero-order valence-electron chi connectivity index (χ0n) is 15.1. The Morgan fingerprint density at radius 1 is 0.923 bits per heavy atom. The van der Waals surface area contributed by atoms with Gasteiger partial charge in [0, 0.05) is 17.8 Å². The van der Waals surface area contributed by atoms with E-state index in [4.69, 9.17) is 18.9 Å². The van der Waals surface area contributed by atoms with Crippen LogP contribution in [0.1, 0.15) is 15.9 Å². The van der Waals surface area contributed by atoms with Crippen molar-refractivity contribution < 1.29 is 28.5 Å². The molecule has 2 rings (SSSR count). The van der Waals surface area contributed by atoms with Crippen LogP contribution in [0.2, 0.25) is 0 Å². The minimum absolute atomic E-state index is 0.385. The molecule has 2 aromatic carbocycles. The van der Waals surface area contributed by atoms with Crippen molar-refractivity contribution in [2.75, 3.05) is 33.3 Å². The Morgan fingerprint density at radius 2 is 1.50 bits per heavy atom. The van der Waals surface area contributed by atoms with E-state index >= 15 is 0 Å². The minimum Gasteiger partial charge on any atom is -0.493 e. The number of hydrogen-bond acceptors (Lipinski definition) is 6. The van der Waals surface area contributed by atoms with E-state index < -0.39 is 18.5 Å². The van der Waals surface area contributed by atoms with Crippen molar-refractivity contribution >= 4 is 17.6 Å². The van der Waals surface area contributed by atoms with Gasteiger partial charge in [-0.3, -0.25) is 4.79 Å². The first kappa shape index (κ1) is 19.1. The molecule has 0 bridgehead atoms. The number of rotatable bonds is 7. The number of hydrogen-bond donors (Lipinski definition) is 1. The van der Waals surface area contributed by atoms with Gasteiger partial charge in [-0.05, 0) is 19.1 Å². The van der Waals surface area contributed by atoms with E-state index in [-0.39, 0.29) is 0 Å². The number of esters is 1. The summed E-state index contributed by atoms with van der Waals surface area (Å²) in [6.45, 7) is 1.50. The lowest BCUT2D eigenvalue weighted by molar-refractivity contribution is -0.119. The van der Waals surface area contributed by atoms with Crippen LogP contribution < -0.4 is 19.5 Å². The van der Waals surface area contributed by atoms with Gasteiger partial charge in [0.2, 0.25) is 5.75 Å². The van der Waals surface area contributed by atoms with Gasteiger partial charge in [0.1, 0.15) is 0 Å². The second kappa shape index (κ2) is 8.75. The maximum absolute atomic E-state index is 12.1. The zero-order valence-corrected chi connectivity index (χ0v) is 15.1. The summed E-state index contributed by atoms with van der Waals surface area (Å²) in [7, 11) is 4.45. The third-order valence-corrected chi connectivity index (χ3v) is 3.57. The van der Waals surface area contributed by atoms with Gasteiger partial charge >= 0.3 is 5.97 Å². The van der Waals surface area contributed by atoms with Crippen LogP contribution in [0.15, 0.2) is 36.4 Å². The van der Waals surface area contributed by atoms with E-state index in [2.05, 4.69) is 5.32 Å². The molecule has 138 valence electrons. The van der Waals surface area contributed by atoms with E-state index in [1.54, 1.807) is 36.4 Å². The molecule has 0 spiro atoms. The first-order valence-corrected chi connectivity index (χ1v) is 7.82. The fraction of sp³-hybridized carbons (Fsp3) is 0.263. The van der Waals surface area contributed by atoms with Crippen molar-refractivity contribution in [1.82, 2.24) is 0 Å². The van der Waals surface area contributed by atoms with E-state index in [1.807, 2.05) is 6.92 Å². The van der Waals surface area contributed by atoms with Crippen molar-refractivity contribution in [1.29, 1.82) is 0 Å². The summed E-state index contributed by atoms with van der Waals surface area (Å²) in [5, 5.41) is 2.63. The molecule has 0 aliphatic rings. The van der Waals surface area contributed by atoms with Crippen molar-refractivity contribution in [2.45, 2.75) is 6.92 Å². The first-order chi connectivity index (χ1) is 12.5. The fourth-order valence-electron chi connectivity index (χ4n) is 2.25. The second-order valence-corrected chi connectivity index (χ2v) is 5.40. The number of nitrogens with one attached hydrogen (secondary N) is 1. The van der Waals surface area contributed by atoms with Crippen molar-refractivity contribution in [2.24, 2.45) is 0 Å². The van der Waals surface area contributed by atoms with Crippen LogP contribution in [0.5, 0.6) is 17.2 Å². The summed E-state index contributed by atoms with van der Waals surface area (Å²) in [5.41, 5.74) is 1.84. The van der Waals surface area contributed by atoms with Crippen LogP contribution in [0.25, 0.3) is 0 Å². The molecule has 0 unspecified atom stereocenters. The number of carbonyl (C=O) groups excluding carboxylic acids is 2. The number of ether oxygens (including phenoxy) is 4. The highest BCUT2D eigenvalue weighted by molar-refractivity contribution is 5.95. The Kier molecular flexibility index (Phi) is 6.43. The molecular formula is C19H21NO6. The Bertz CT molecular complexity index is 760. The molecule has 0 saturated heterocycles. The number of amides is 1. The van der Waals surface area contributed by atoms with Gasteiger partial charge in [-0.1, -0.05) is 17.7 Å². The van der Waals surface area contributed by atoms with Crippen LogP contribution in [-0.2, 0) is 9.53 Å². The molecule has 0 radical (unpaired) electrons. The molecule has 7 heteroatoms. The summed E-state index contributed by atoms with van der Waals surface area (Å²) in [4.78, 5) is 24.0. The molecule has 1 N–H and O–H groups in total. The molecule has 0 atom stereocenters. The van der Waals surface area contributed by atoms with Crippen LogP contribution in [0.4, 0.5) is 5.69 Å². The Morgan fingerprint density at radius 3 is 2.00 bits per heavy atom. The average molecular weight is 359 g/mol. The average Bonchev–Trinajstić information content (AvgIpc) is 2.65. The molecule has 7 nitrogen and oxygen atoms in total. The normalized spacial score (nSPS) is 10.0. The lowest BCUT2D eigenvalue weighted by Gasteiger charge is -2.14. The maximum atomic E-state index is 12.1. The van der Waals surface area contributed by atoms with E-state index in [1.165, 1.54) is 21.3 Å². The molecular weight excluding hydrogens is 338 g/mol. The smallest absolute Gasteiger partial charge is 0.338 e. The van der Waals surface area contributed by atoms with E-state index in [0.717, 1.165) is 5.56 Å². The van der Waals surface area contributed by atoms with Gasteiger partial charge in [-0.2, -0.15) is 0 Å². The van der Waals surface area contributed by atoms with E-state index in [0.29, 0.717) is 28.5 Å². The predicted octanol–water partition coefficient (Wildman–Crippen LogP) is 2.82. The Hall–Kier alpha value is -3.22. The van der Waals surface area contributed by atoms with Gasteiger partial charge in [-0.25, -0.2) is 4.79 Å². The number of carbonyl (C=O) groups is 2. The molecule has 2 aromatic rings. The highest BCUT2D eigenvalue weighted by atomic mass is 16.5. The van der Waals surface area contributed by atoms with Gasteiger partial charge in [-0.15, -0.1) is 0 Å². The Labute approximate surface area is 151 Å². The number of anilines is 1. The van der Waals surface area contributed by atoms with Crippen molar-refractivity contribution in [3.63, 3.8) is 0 Å². The van der Waals surface area contributed by atoms with Gasteiger partial charge < -0.3 is 24.3 Å². The topological polar surface area (TPSA) is 83.1 Å². The number of methoxy groups -OCH3 is 3. The second-order valence-electron chi connectivity index (χ2n) is 5.40. The summed E-state index contributed by atoms with van der Waals surface area (Å²) in [5.74, 6) is 0.168. The molecule has 0 saturated carbocycles. The van der Waals surface area contributed by atoms with E-state index in [9.17, 15) is 9.59 Å². The van der Waals surface area contributed by atoms with Crippen LogP contribution in [0, 0.1) is 6.92 Å². The molecule has 0 aromatic heterocycles. The zero-order chi connectivity index (χ0) is 19.1. The molecule has 1 amide bonds. The van der Waals surface area contributed by atoms with Gasteiger partial charge in [0.25, 0.3) is 5.91 Å². The quantitative estimate of drug-likeness (QED) is 0.766. The highest BCUT2D eigenvalue weighted by Gasteiger charge is 2.15. The fourth-order valence-corrected chi connectivity index (χ4v) is 2.25. The third-order valence-electron chi connectivity index (χ3n) is 3.57. The van der Waals surface area contributed by atoms with Crippen molar-refractivity contribution in [3.8, 4) is 17.2 Å². The molecule has 0 fully saturated rings. The van der Waals surface area contributed by atoms with Gasteiger partial charge in [0.05, 0.1) is 26.9 Å². The summed E-state index contributed by atoms with van der Waals surface area (Å²) >= 11 is 0. The molecule has 0 aliphatic carbocycles. The monoisotopic (exact) mass is 359 g/mol. The lowest BCUT2D eigenvalue weighted by atomic mass is 10.1. The Balaban J connectivity index is 2.01. The third kappa shape index (κ3) is 4.66. The van der Waals surface area contributed by atoms with Crippen LogP contribution >= 0.6 is 0 Å². The SMILES string of the molecule is COc1cc(NC(=O)COC(=O)c2ccc(C)cc2)cc(OC)c1OC. The lowest BCUT2D eigenvalue weighted by Crippen LogP contribution is -2.21.